The zero-order chi connectivity index (χ0) is 8.72. The SMILES string of the molecule is CC1C(=O)N2CCC=C2C=C1O. The summed E-state index contributed by atoms with van der Waals surface area (Å²) < 4.78 is 0. The van der Waals surface area contributed by atoms with Crippen LogP contribution >= 0.6 is 0 Å². The van der Waals surface area contributed by atoms with Crippen molar-refractivity contribution in [1.29, 1.82) is 0 Å². The molecule has 0 radical (unpaired) electrons. The number of nitrogens with zero attached hydrogens (tertiary/aromatic N) is 1. The Morgan fingerprint density at radius 1 is 1.67 bits per heavy atom. The number of hydrogen-bond acceptors (Lipinski definition) is 2. The van der Waals surface area contributed by atoms with Gasteiger partial charge >= 0.3 is 0 Å². The highest BCUT2D eigenvalue weighted by Crippen LogP contribution is 2.27. The zero-order valence-corrected chi connectivity index (χ0v) is 6.95. The first-order valence-electron chi connectivity index (χ1n) is 4.12. The van der Waals surface area contributed by atoms with Crippen molar-refractivity contribution in [2.45, 2.75) is 13.3 Å². The summed E-state index contributed by atoms with van der Waals surface area (Å²) in [4.78, 5) is 13.2. The van der Waals surface area contributed by atoms with Crippen molar-refractivity contribution in [3.05, 3.63) is 23.6 Å². The molecule has 12 heavy (non-hydrogen) atoms. The van der Waals surface area contributed by atoms with Gasteiger partial charge in [0.25, 0.3) is 0 Å². The molecule has 0 aromatic rings. The number of hydrogen-bond donors (Lipinski definition) is 1. The van der Waals surface area contributed by atoms with E-state index in [1.165, 1.54) is 0 Å². The number of rotatable bonds is 0. The van der Waals surface area contributed by atoms with Gasteiger partial charge in [0.1, 0.15) is 5.76 Å². The summed E-state index contributed by atoms with van der Waals surface area (Å²) in [5.74, 6) is -0.164. The lowest BCUT2D eigenvalue weighted by Crippen LogP contribution is -2.36. The van der Waals surface area contributed by atoms with E-state index in [0.29, 0.717) is 0 Å². The van der Waals surface area contributed by atoms with Crippen LogP contribution in [0.25, 0.3) is 0 Å². The average Bonchev–Trinajstić information content (AvgIpc) is 2.48. The molecule has 2 heterocycles. The molecule has 0 aromatic heterocycles. The van der Waals surface area contributed by atoms with Crippen LogP contribution < -0.4 is 0 Å². The molecule has 3 nitrogen and oxygen atoms in total. The Hall–Kier alpha value is -1.25. The first-order valence-corrected chi connectivity index (χ1v) is 4.12. The summed E-state index contributed by atoms with van der Waals surface area (Å²) in [7, 11) is 0. The van der Waals surface area contributed by atoms with Crippen molar-refractivity contribution < 1.29 is 9.90 Å². The van der Waals surface area contributed by atoms with E-state index in [2.05, 4.69) is 0 Å². The molecule has 0 aromatic carbocycles. The molecule has 64 valence electrons. The Labute approximate surface area is 71.0 Å². The fraction of sp³-hybridized carbons (Fsp3) is 0.444. The number of aliphatic hydroxyl groups excluding tert-OH is 1. The predicted molar refractivity (Wildman–Crippen MR) is 44.3 cm³/mol. The van der Waals surface area contributed by atoms with Gasteiger partial charge in [-0.25, -0.2) is 0 Å². The minimum atomic E-state index is -0.361. The Morgan fingerprint density at radius 3 is 3.17 bits per heavy atom. The van der Waals surface area contributed by atoms with E-state index in [1.54, 1.807) is 17.9 Å². The number of amides is 1. The van der Waals surface area contributed by atoms with Crippen LogP contribution in [-0.4, -0.2) is 22.5 Å². The number of fused-ring (bicyclic) bond motifs is 1. The van der Waals surface area contributed by atoms with E-state index in [0.717, 1.165) is 18.7 Å². The average molecular weight is 165 g/mol. The first-order chi connectivity index (χ1) is 5.70. The number of carbonyl (C=O) groups excluding carboxylic acids is 1. The summed E-state index contributed by atoms with van der Waals surface area (Å²) in [6.07, 6.45) is 4.55. The maximum Gasteiger partial charge on any atom is 0.237 e. The Bertz CT molecular complexity index is 291. The van der Waals surface area contributed by atoms with Crippen LogP contribution in [0.5, 0.6) is 0 Å². The smallest absolute Gasteiger partial charge is 0.237 e. The van der Waals surface area contributed by atoms with Crippen molar-refractivity contribution in [1.82, 2.24) is 4.90 Å². The Balaban J connectivity index is 2.40. The van der Waals surface area contributed by atoms with Gasteiger partial charge in [-0.2, -0.15) is 0 Å². The number of carbonyl (C=O) groups is 1. The third-order valence-electron chi connectivity index (χ3n) is 2.39. The maximum absolute atomic E-state index is 11.5. The second-order valence-electron chi connectivity index (χ2n) is 3.20. The molecular weight excluding hydrogens is 154 g/mol. The molecule has 1 N–H and O–H groups in total. The molecule has 2 aliphatic heterocycles. The number of aliphatic hydroxyl groups is 1. The molecule has 0 saturated heterocycles. The third-order valence-corrected chi connectivity index (χ3v) is 2.39. The van der Waals surface area contributed by atoms with E-state index in [9.17, 15) is 9.90 Å². The van der Waals surface area contributed by atoms with Crippen molar-refractivity contribution in [3.63, 3.8) is 0 Å². The summed E-state index contributed by atoms with van der Waals surface area (Å²) >= 11 is 0. The monoisotopic (exact) mass is 165 g/mol. The van der Waals surface area contributed by atoms with Crippen LogP contribution in [0, 0.1) is 5.92 Å². The second-order valence-corrected chi connectivity index (χ2v) is 3.20. The van der Waals surface area contributed by atoms with Crippen molar-refractivity contribution >= 4 is 5.91 Å². The van der Waals surface area contributed by atoms with Gasteiger partial charge in [0.2, 0.25) is 5.91 Å². The molecule has 0 spiro atoms. The van der Waals surface area contributed by atoms with Crippen molar-refractivity contribution in [3.8, 4) is 0 Å². The van der Waals surface area contributed by atoms with Crippen molar-refractivity contribution in [2.75, 3.05) is 6.54 Å². The van der Waals surface area contributed by atoms with Gasteiger partial charge in [-0.1, -0.05) is 6.08 Å². The van der Waals surface area contributed by atoms with Crippen LogP contribution in [0.3, 0.4) is 0 Å². The molecule has 1 unspecified atom stereocenters. The lowest BCUT2D eigenvalue weighted by atomic mass is 10.0. The van der Waals surface area contributed by atoms with E-state index >= 15 is 0 Å². The Kier molecular flexibility index (Phi) is 1.46. The topological polar surface area (TPSA) is 40.5 Å². The van der Waals surface area contributed by atoms with Crippen LogP contribution in [0.15, 0.2) is 23.6 Å². The van der Waals surface area contributed by atoms with Gasteiger partial charge in [-0.05, 0) is 19.4 Å². The highest BCUT2D eigenvalue weighted by Gasteiger charge is 2.31. The minimum Gasteiger partial charge on any atom is -0.511 e. The van der Waals surface area contributed by atoms with Crippen LogP contribution in [0.2, 0.25) is 0 Å². The predicted octanol–water partition coefficient (Wildman–Crippen LogP) is 1.19. The van der Waals surface area contributed by atoms with E-state index < -0.39 is 0 Å². The molecule has 0 bridgehead atoms. The molecule has 2 aliphatic rings. The molecule has 0 saturated carbocycles. The highest BCUT2D eigenvalue weighted by molar-refractivity contribution is 5.85. The number of allylic oxidation sites excluding steroid dienone is 1. The largest absolute Gasteiger partial charge is 0.511 e. The van der Waals surface area contributed by atoms with Crippen LogP contribution in [-0.2, 0) is 4.79 Å². The van der Waals surface area contributed by atoms with Gasteiger partial charge < -0.3 is 10.0 Å². The van der Waals surface area contributed by atoms with Gasteiger partial charge in [0.15, 0.2) is 0 Å². The Morgan fingerprint density at radius 2 is 2.42 bits per heavy atom. The zero-order valence-electron chi connectivity index (χ0n) is 6.95. The first kappa shape index (κ1) is 7.40. The molecule has 1 atom stereocenters. The fourth-order valence-corrected chi connectivity index (χ4v) is 1.59. The molecule has 0 aliphatic carbocycles. The van der Waals surface area contributed by atoms with Crippen molar-refractivity contribution in [2.24, 2.45) is 5.92 Å². The maximum atomic E-state index is 11.5. The van der Waals surface area contributed by atoms with Gasteiger partial charge in [-0.15, -0.1) is 0 Å². The van der Waals surface area contributed by atoms with E-state index in [-0.39, 0.29) is 17.6 Å². The molecule has 0 fully saturated rings. The van der Waals surface area contributed by atoms with Crippen LogP contribution in [0.1, 0.15) is 13.3 Å². The summed E-state index contributed by atoms with van der Waals surface area (Å²) in [6.45, 7) is 2.49. The van der Waals surface area contributed by atoms with Gasteiger partial charge in [0.05, 0.1) is 5.92 Å². The highest BCUT2D eigenvalue weighted by atomic mass is 16.3. The van der Waals surface area contributed by atoms with Gasteiger partial charge in [0, 0.05) is 12.2 Å². The van der Waals surface area contributed by atoms with E-state index in [4.69, 9.17) is 0 Å². The quantitative estimate of drug-likeness (QED) is 0.585. The summed E-state index contributed by atoms with van der Waals surface area (Å²) in [5, 5.41) is 9.37. The third kappa shape index (κ3) is 0.858. The molecular formula is C9H11NO2. The normalized spacial score (nSPS) is 28.2. The molecule has 1 amide bonds. The minimum absolute atomic E-state index is 0.0127. The van der Waals surface area contributed by atoms with Crippen LogP contribution in [0.4, 0.5) is 0 Å². The molecule has 3 heteroatoms. The van der Waals surface area contributed by atoms with Gasteiger partial charge in [-0.3, -0.25) is 4.79 Å². The fourth-order valence-electron chi connectivity index (χ4n) is 1.59. The lowest BCUT2D eigenvalue weighted by Gasteiger charge is -2.26. The van der Waals surface area contributed by atoms with E-state index in [1.807, 2.05) is 6.08 Å². The second kappa shape index (κ2) is 2.37. The summed E-state index contributed by atoms with van der Waals surface area (Å²) in [6, 6.07) is 0. The standard InChI is InChI=1S/C9H11NO2/c1-6-8(11)5-7-3-2-4-10(7)9(6)12/h3,5-6,11H,2,4H2,1H3. The lowest BCUT2D eigenvalue weighted by molar-refractivity contribution is -0.132. The molecule has 2 rings (SSSR count). The summed E-state index contributed by atoms with van der Waals surface area (Å²) in [5.41, 5.74) is 0.857.